The number of carbonyl (C=O) groups excluding carboxylic acids is 1. The zero-order chi connectivity index (χ0) is 31.7. The number of anilines is 4. The van der Waals surface area contributed by atoms with Gasteiger partial charge in [0.2, 0.25) is 0 Å². The first-order valence-corrected chi connectivity index (χ1v) is 15.2. The third kappa shape index (κ3) is 6.74. The van der Waals surface area contributed by atoms with E-state index in [-0.39, 0.29) is 30.0 Å². The Balaban J connectivity index is 1.44. The van der Waals surface area contributed by atoms with E-state index in [1.54, 1.807) is 17.0 Å². The van der Waals surface area contributed by atoms with Gasteiger partial charge in [0.25, 0.3) is 0 Å². The molecule has 236 valence electrons. The number of carbonyl (C=O) groups is 2. The van der Waals surface area contributed by atoms with E-state index in [0.29, 0.717) is 18.8 Å². The van der Waals surface area contributed by atoms with Crippen LogP contribution in [-0.4, -0.2) is 66.6 Å². The summed E-state index contributed by atoms with van der Waals surface area (Å²) in [6.45, 7) is 4.21. The zero-order valence-electron chi connectivity index (χ0n) is 24.4. The Morgan fingerprint density at radius 1 is 0.889 bits per heavy atom. The normalized spacial score (nSPS) is 17.6. The van der Waals surface area contributed by atoms with E-state index in [9.17, 15) is 23.5 Å². The number of alkyl halides is 3. The van der Waals surface area contributed by atoms with Gasteiger partial charge in [-0.1, -0.05) is 30.3 Å². The summed E-state index contributed by atoms with van der Waals surface area (Å²) < 4.78 is 50.0. The maximum Gasteiger partial charge on any atom is 0.487 e. The number of fused-ring (bicyclic) bond motifs is 1. The number of para-hydroxylation sites is 1. The molecule has 0 aromatic heterocycles. The number of carboxylic acids is 1. The Morgan fingerprint density at radius 2 is 1.53 bits per heavy atom. The van der Waals surface area contributed by atoms with Crippen molar-refractivity contribution in [2.75, 3.05) is 54.0 Å². The zero-order valence-corrected chi connectivity index (χ0v) is 25.2. The van der Waals surface area contributed by atoms with Gasteiger partial charge in [-0.15, -0.1) is 8.78 Å². The van der Waals surface area contributed by atoms with Crippen LogP contribution in [0, 0.1) is 5.82 Å². The van der Waals surface area contributed by atoms with Crippen molar-refractivity contribution < 1.29 is 32.6 Å². The molecule has 3 aliphatic rings. The van der Waals surface area contributed by atoms with E-state index >= 15 is 4.39 Å². The fraction of sp³-hybridized carbons (Fsp3) is 0.333. The number of benzene rings is 3. The minimum absolute atomic E-state index is 0.00580. The molecule has 8 nitrogen and oxygen atoms in total. The average molecular weight is 641 g/mol. The smallest absolute Gasteiger partial charge is 0.478 e. The quantitative estimate of drug-likeness (QED) is 0.232. The first-order valence-electron chi connectivity index (χ1n) is 14.8. The monoisotopic (exact) mass is 640 g/mol. The summed E-state index contributed by atoms with van der Waals surface area (Å²) in [4.78, 5) is 32.6. The molecule has 2 fully saturated rings. The predicted octanol–water partition coefficient (Wildman–Crippen LogP) is 6.15. The Kier molecular flexibility index (Phi) is 8.65. The van der Waals surface area contributed by atoms with Gasteiger partial charge < -0.3 is 24.5 Å². The van der Waals surface area contributed by atoms with Crippen LogP contribution in [0.1, 0.15) is 24.0 Å². The van der Waals surface area contributed by atoms with Gasteiger partial charge >= 0.3 is 11.5 Å². The van der Waals surface area contributed by atoms with Gasteiger partial charge in [-0.05, 0) is 67.4 Å². The van der Waals surface area contributed by atoms with Gasteiger partial charge in [-0.2, -0.15) is 0 Å². The van der Waals surface area contributed by atoms with Gasteiger partial charge in [0.15, 0.2) is 17.3 Å². The second-order valence-corrected chi connectivity index (χ2v) is 11.8. The molecule has 0 spiro atoms. The molecule has 3 aliphatic heterocycles. The lowest BCUT2D eigenvalue weighted by atomic mass is 10.0. The van der Waals surface area contributed by atoms with E-state index in [0.717, 1.165) is 56.0 Å². The van der Waals surface area contributed by atoms with Crippen molar-refractivity contribution in [3.8, 4) is 5.75 Å². The average Bonchev–Trinajstić information content (AvgIpc) is 3.46. The molecule has 0 unspecified atom stereocenters. The maximum atomic E-state index is 16.0. The molecule has 2 saturated heterocycles. The van der Waals surface area contributed by atoms with Crippen LogP contribution in [-0.2, 0) is 22.6 Å². The van der Waals surface area contributed by atoms with Crippen LogP contribution in [0.15, 0.2) is 72.4 Å². The van der Waals surface area contributed by atoms with Crippen molar-refractivity contribution in [3.05, 3.63) is 89.4 Å². The lowest BCUT2D eigenvalue weighted by molar-refractivity contribution is -0.134. The highest BCUT2D eigenvalue weighted by molar-refractivity contribution is 6.21. The van der Waals surface area contributed by atoms with Gasteiger partial charge in [0, 0.05) is 68.3 Å². The molecule has 45 heavy (non-hydrogen) atoms. The number of hydrogen-bond acceptors (Lipinski definition) is 7. The lowest BCUT2D eigenvalue weighted by Crippen LogP contribution is -2.47. The Morgan fingerprint density at radius 3 is 2.16 bits per heavy atom. The molecule has 0 bridgehead atoms. The van der Waals surface area contributed by atoms with Crippen molar-refractivity contribution in [2.24, 2.45) is 0 Å². The summed E-state index contributed by atoms with van der Waals surface area (Å²) in [5, 5.41) is 9.89. The SMILES string of the molecule is O=C(O)C1=CN(c2ccc(CN3CCCC3)cc2)c2c(cc(F)c(N3CCN(c4ccccc4)CC3)c2OC(F)(F)Cl)CC1=O. The molecule has 0 radical (unpaired) electrons. The largest absolute Gasteiger partial charge is 0.487 e. The molecule has 0 saturated carbocycles. The van der Waals surface area contributed by atoms with Crippen LogP contribution < -0.4 is 19.4 Å². The Bertz CT molecular complexity index is 1600. The van der Waals surface area contributed by atoms with Crippen LogP contribution in [0.25, 0.3) is 0 Å². The van der Waals surface area contributed by atoms with Crippen molar-refractivity contribution in [2.45, 2.75) is 31.4 Å². The van der Waals surface area contributed by atoms with Gasteiger partial charge in [0.05, 0.1) is 5.69 Å². The fourth-order valence-electron chi connectivity index (χ4n) is 6.26. The number of likely N-dealkylation sites (tertiary alicyclic amines) is 1. The highest BCUT2D eigenvalue weighted by Crippen LogP contribution is 2.49. The molecule has 6 rings (SSSR count). The maximum absolute atomic E-state index is 16.0. The lowest BCUT2D eigenvalue weighted by Gasteiger charge is -2.39. The molecule has 3 heterocycles. The number of aliphatic carboxylic acids is 1. The number of ketones is 1. The highest BCUT2D eigenvalue weighted by Gasteiger charge is 2.38. The molecule has 3 aromatic carbocycles. The summed E-state index contributed by atoms with van der Waals surface area (Å²) in [5.74, 6) is -3.75. The molecule has 0 amide bonds. The molecule has 3 aromatic rings. The van der Waals surface area contributed by atoms with E-state index in [1.807, 2.05) is 42.5 Å². The van der Waals surface area contributed by atoms with E-state index in [2.05, 4.69) is 9.80 Å². The molecule has 12 heteroatoms. The number of rotatable bonds is 8. The van der Waals surface area contributed by atoms with Crippen molar-refractivity contribution >= 4 is 46.1 Å². The molecule has 1 N–H and O–H groups in total. The number of ether oxygens (including phenoxy) is 1. The first kappa shape index (κ1) is 30.8. The molecular formula is C33H32ClF3N4O4. The second-order valence-electron chi connectivity index (χ2n) is 11.4. The minimum Gasteiger partial charge on any atom is -0.478 e. The summed E-state index contributed by atoms with van der Waals surface area (Å²) in [6, 6.07) is 17.9. The summed E-state index contributed by atoms with van der Waals surface area (Å²) >= 11 is 5.32. The number of carboxylic acid groups (broad SMARTS) is 1. The summed E-state index contributed by atoms with van der Waals surface area (Å²) in [7, 11) is 0. The molecule has 0 aliphatic carbocycles. The standard InChI is InChI=1S/C33H32ClF3N4O4/c34-33(36,37)45-31-29-23(18-27(35)30(31)40-16-14-39(15-17-40)24-6-2-1-3-7-24)19-28(42)26(32(43)44)21-41(29)25-10-8-22(9-11-25)20-38-12-4-5-13-38/h1-3,6-11,18,21H,4-5,12-17,19-20H2,(H,43,44). The van der Waals surface area contributed by atoms with Crippen LogP contribution in [0.4, 0.5) is 35.9 Å². The molecular weight excluding hydrogens is 609 g/mol. The van der Waals surface area contributed by atoms with E-state index in [4.69, 9.17) is 16.3 Å². The number of halogens is 4. The topological polar surface area (TPSA) is 76.6 Å². The number of hydrogen-bond donors (Lipinski definition) is 1. The Labute approximate surface area is 263 Å². The number of piperazine rings is 1. The van der Waals surface area contributed by atoms with Crippen molar-refractivity contribution in [1.82, 2.24) is 4.90 Å². The molecule has 0 atom stereocenters. The summed E-state index contributed by atoms with van der Waals surface area (Å²) in [6.07, 6.45) is 2.81. The van der Waals surface area contributed by atoms with Crippen LogP contribution in [0.5, 0.6) is 5.75 Å². The van der Waals surface area contributed by atoms with Crippen molar-refractivity contribution in [3.63, 3.8) is 0 Å². The third-order valence-corrected chi connectivity index (χ3v) is 8.47. The fourth-order valence-corrected chi connectivity index (χ4v) is 6.34. The van der Waals surface area contributed by atoms with Crippen LogP contribution >= 0.6 is 11.6 Å². The summed E-state index contributed by atoms with van der Waals surface area (Å²) in [5.41, 5.74) is -2.76. The van der Waals surface area contributed by atoms with Crippen molar-refractivity contribution in [1.29, 1.82) is 0 Å². The minimum atomic E-state index is -4.23. The second kappa shape index (κ2) is 12.6. The third-order valence-electron chi connectivity index (χ3n) is 8.40. The van der Waals surface area contributed by atoms with Crippen LogP contribution in [0.2, 0.25) is 0 Å². The Hall–Kier alpha value is -4.22. The van der Waals surface area contributed by atoms with Gasteiger partial charge in [0.1, 0.15) is 11.3 Å². The predicted molar refractivity (Wildman–Crippen MR) is 166 cm³/mol. The highest BCUT2D eigenvalue weighted by atomic mass is 35.5. The van der Waals surface area contributed by atoms with Gasteiger partial charge in [-0.3, -0.25) is 9.69 Å². The van der Waals surface area contributed by atoms with Gasteiger partial charge in [-0.25, -0.2) is 9.18 Å². The number of nitrogens with zero attached hydrogens (tertiary/aromatic N) is 4. The van der Waals surface area contributed by atoms with E-state index in [1.165, 1.54) is 4.90 Å². The first-order chi connectivity index (χ1) is 21.6. The van der Waals surface area contributed by atoms with E-state index < -0.39 is 40.9 Å². The van der Waals surface area contributed by atoms with Crippen LogP contribution in [0.3, 0.4) is 0 Å². The number of Topliss-reactive ketones (excluding diaryl/α,β-unsaturated/α-hetero) is 1.